The lowest BCUT2D eigenvalue weighted by Crippen LogP contribution is -2.42. The number of amidine groups is 1. The quantitative estimate of drug-likeness (QED) is 0.781. The lowest BCUT2D eigenvalue weighted by atomic mass is 10.1. The van der Waals surface area contributed by atoms with Crippen LogP contribution >= 0.6 is 11.3 Å². The number of carbonyl (C=O) groups excluding carboxylic acids is 2. The number of carbonyl (C=O) groups is 2. The topological polar surface area (TPSA) is 95.9 Å². The first kappa shape index (κ1) is 16.4. The molecule has 2 aliphatic heterocycles. The minimum atomic E-state index is -0.347. The Labute approximate surface area is 143 Å². The highest BCUT2D eigenvalue weighted by Gasteiger charge is 2.38. The summed E-state index contributed by atoms with van der Waals surface area (Å²) in [4.78, 5) is 34.7. The summed E-state index contributed by atoms with van der Waals surface area (Å²) in [6.07, 6.45) is 2.29. The van der Waals surface area contributed by atoms with Crippen LogP contribution in [0, 0.1) is 0 Å². The van der Waals surface area contributed by atoms with Gasteiger partial charge in [0.1, 0.15) is 0 Å². The Kier molecular flexibility index (Phi) is 4.79. The van der Waals surface area contributed by atoms with Crippen molar-refractivity contribution in [3.8, 4) is 0 Å². The number of amides is 2. The molecule has 2 amide bonds. The molecule has 1 unspecified atom stereocenters. The maximum absolute atomic E-state index is 12.2. The van der Waals surface area contributed by atoms with Gasteiger partial charge in [0.15, 0.2) is 10.8 Å². The van der Waals surface area contributed by atoms with Gasteiger partial charge in [-0.15, -0.1) is 11.3 Å². The summed E-state index contributed by atoms with van der Waals surface area (Å²) in [6.45, 7) is 2.91. The van der Waals surface area contributed by atoms with Crippen LogP contribution in [0.15, 0.2) is 27.8 Å². The second kappa shape index (κ2) is 7.00. The van der Waals surface area contributed by atoms with Crippen molar-refractivity contribution in [2.45, 2.75) is 19.4 Å². The molecule has 2 N–H and O–H groups in total. The lowest BCUT2D eigenvalue weighted by molar-refractivity contribution is -0.138. The fraction of sp³-hybridized carbons (Fsp3) is 0.467. The minimum absolute atomic E-state index is 0.104. The van der Waals surface area contributed by atoms with Crippen LogP contribution < -0.4 is 10.6 Å². The molecule has 8 nitrogen and oxygen atoms in total. The number of ether oxygens (including phenoxy) is 1. The number of rotatable bonds is 4. The summed E-state index contributed by atoms with van der Waals surface area (Å²) in [5.41, 5.74) is 1.41. The van der Waals surface area contributed by atoms with Gasteiger partial charge in [0.05, 0.1) is 24.8 Å². The number of thiazole rings is 1. The third-order valence-corrected chi connectivity index (χ3v) is 4.64. The monoisotopic (exact) mass is 349 g/mol. The number of hydrogen-bond donors (Lipinski definition) is 2. The van der Waals surface area contributed by atoms with Gasteiger partial charge in [-0.25, -0.2) is 14.6 Å². The molecule has 1 atom stereocenters. The molecular weight excluding hydrogens is 330 g/mol. The normalized spacial score (nSPS) is 19.7. The van der Waals surface area contributed by atoms with E-state index in [0.717, 1.165) is 16.5 Å². The molecule has 0 aliphatic carbocycles. The van der Waals surface area contributed by atoms with Crippen molar-refractivity contribution >= 4 is 29.2 Å². The molecule has 0 aromatic carbocycles. The number of nitrogens with one attached hydrogen (secondary N) is 2. The van der Waals surface area contributed by atoms with E-state index >= 15 is 0 Å². The van der Waals surface area contributed by atoms with Gasteiger partial charge in [0.25, 0.3) is 0 Å². The van der Waals surface area contributed by atoms with Crippen molar-refractivity contribution in [2.75, 3.05) is 26.7 Å². The highest BCUT2D eigenvalue weighted by molar-refractivity contribution is 7.11. The van der Waals surface area contributed by atoms with Gasteiger partial charge in [-0.1, -0.05) is 0 Å². The van der Waals surface area contributed by atoms with Crippen LogP contribution in [-0.4, -0.2) is 60.5 Å². The van der Waals surface area contributed by atoms with Crippen LogP contribution in [0.5, 0.6) is 0 Å². The number of fused-ring (bicyclic) bond motifs is 1. The molecule has 24 heavy (non-hydrogen) atoms. The number of nitrogens with zero attached hydrogens (tertiary/aromatic N) is 3. The largest absolute Gasteiger partial charge is 0.463 e. The molecule has 0 spiro atoms. The van der Waals surface area contributed by atoms with Crippen LogP contribution in [0.4, 0.5) is 4.79 Å². The van der Waals surface area contributed by atoms with E-state index in [9.17, 15) is 9.59 Å². The zero-order chi connectivity index (χ0) is 17.1. The number of aromatic nitrogens is 1. The Balaban J connectivity index is 1.89. The van der Waals surface area contributed by atoms with Crippen molar-refractivity contribution in [1.29, 1.82) is 0 Å². The molecule has 0 bridgehead atoms. The molecule has 1 aromatic rings. The number of esters is 1. The number of hydrogen-bond acceptors (Lipinski definition) is 7. The number of aliphatic imine (C=N–C) groups is 1. The molecule has 3 heterocycles. The van der Waals surface area contributed by atoms with Crippen molar-refractivity contribution in [3.63, 3.8) is 0 Å². The average Bonchev–Trinajstić information content (AvgIpc) is 3.23. The fourth-order valence-electron chi connectivity index (χ4n) is 2.84. The smallest absolute Gasteiger partial charge is 0.337 e. The van der Waals surface area contributed by atoms with E-state index in [1.54, 1.807) is 20.2 Å². The van der Waals surface area contributed by atoms with E-state index in [0.29, 0.717) is 25.1 Å². The second-order valence-corrected chi connectivity index (χ2v) is 6.25. The Morgan fingerprint density at radius 1 is 1.50 bits per heavy atom. The fourth-order valence-corrected chi connectivity index (χ4v) is 3.49. The van der Waals surface area contributed by atoms with E-state index in [1.165, 1.54) is 11.3 Å². The molecule has 0 saturated carbocycles. The molecule has 2 aliphatic rings. The van der Waals surface area contributed by atoms with Gasteiger partial charge < -0.3 is 20.3 Å². The molecule has 128 valence electrons. The molecule has 0 radical (unpaired) electrons. The first-order valence-corrected chi connectivity index (χ1v) is 8.61. The number of urea groups is 1. The van der Waals surface area contributed by atoms with Crippen molar-refractivity contribution in [1.82, 2.24) is 20.5 Å². The van der Waals surface area contributed by atoms with Crippen molar-refractivity contribution in [2.24, 2.45) is 4.99 Å². The standard InChI is InChI=1S/C15H19N5O3S/c1-3-23-14(21)10-7-18-12(13-17-4-5-24-13)20-8-9(6-11(10)20)19-15(22)16-2/h4-5,9H,3,6-8H2,1-2H3,(H2,16,19,22). The molecule has 1 saturated heterocycles. The summed E-state index contributed by atoms with van der Waals surface area (Å²) < 4.78 is 5.15. The Hall–Kier alpha value is -2.42. The third-order valence-electron chi connectivity index (χ3n) is 3.87. The zero-order valence-electron chi connectivity index (χ0n) is 13.5. The first-order chi connectivity index (χ1) is 11.6. The molecule has 1 fully saturated rings. The summed E-state index contributed by atoms with van der Waals surface area (Å²) in [5, 5.41) is 8.13. The van der Waals surface area contributed by atoms with Gasteiger partial charge in [-0.05, 0) is 6.92 Å². The van der Waals surface area contributed by atoms with Gasteiger partial charge in [-0.2, -0.15) is 0 Å². The lowest BCUT2D eigenvalue weighted by Gasteiger charge is -2.26. The minimum Gasteiger partial charge on any atom is -0.463 e. The molecular formula is C15H19N5O3S. The SMILES string of the molecule is CCOC(=O)C1=C2CC(NC(=O)NC)CN2C(c2nccs2)=NC1. The maximum Gasteiger partial charge on any atom is 0.337 e. The predicted octanol–water partition coefficient (Wildman–Crippen LogP) is 0.724. The van der Waals surface area contributed by atoms with Crippen LogP contribution in [0.2, 0.25) is 0 Å². The van der Waals surface area contributed by atoms with E-state index < -0.39 is 0 Å². The van der Waals surface area contributed by atoms with E-state index in [4.69, 9.17) is 4.74 Å². The van der Waals surface area contributed by atoms with Crippen molar-refractivity contribution < 1.29 is 14.3 Å². The Bertz CT molecular complexity index is 698. The Morgan fingerprint density at radius 2 is 2.33 bits per heavy atom. The summed E-state index contributed by atoms with van der Waals surface area (Å²) >= 11 is 1.50. The predicted molar refractivity (Wildman–Crippen MR) is 89.9 cm³/mol. The summed E-state index contributed by atoms with van der Waals surface area (Å²) in [6, 6.07) is -0.349. The highest BCUT2D eigenvalue weighted by Crippen LogP contribution is 2.31. The average molecular weight is 349 g/mol. The van der Waals surface area contributed by atoms with Crippen LogP contribution in [-0.2, 0) is 9.53 Å². The third kappa shape index (κ3) is 3.12. The molecule has 9 heteroatoms. The molecule has 3 rings (SSSR count). The zero-order valence-corrected chi connectivity index (χ0v) is 14.4. The van der Waals surface area contributed by atoms with Gasteiger partial charge >= 0.3 is 12.0 Å². The Morgan fingerprint density at radius 3 is 3.00 bits per heavy atom. The van der Waals surface area contributed by atoms with Crippen LogP contribution in [0.25, 0.3) is 0 Å². The van der Waals surface area contributed by atoms with Gasteiger partial charge in [0, 0.05) is 37.3 Å². The maximum atomic E-state index is 12.2. The van der Waals surface area contributed by atoms with Crippen molar-refractivity contribution in [3.05, 3.63) is 27.9 Å². The summed E-state index contributed by atoms with van der Waals surface area (Å²) in [7, 11) is 1.57. The summed E-state index contributed by atoms with van der Waals surface area (Å²) in [5.74, 6) is 0.397. The highest BCUT2D eigenvalue weighted by atomic mass is 32.1. The van der Waals surface area contributed by atoms with Crippen LogP contribution in [0.3, 0.4) is 0 Å². The van der Waals surface area contributed by atoms with Gasteiger partial charge in [0.2, 0.25) is 0 Å². The van der Waals surface area contributed by atoms with E-state index in [-0.39, 0.29) is 24.6 Å². The van der Waals surface area contributed by atoms with Crippen LogP contribution in [0.1, 0.15) is 18.4 Å². The molecule has 1 aromatic heterocycles. The van der Waals surface area contributed by atoms with E-state index in [2.05, 4.69) is 20.6 Å². The van der Waals surface area contributed by atoms with E-state index in [1.807, 2.05) is 10.3 Å². The first-order valence-electron chi connectivity index (χ1n) is 7.73. The van der Waals surface area contributed by atoms with Gasteiger partial charge in [-0.3, -0.25) is 4.99 Å². The second-order valence-electron chi connectivity index (χ2n) is 5.36.